The number of rotatable bonds is 7. The third kappa shape index (κ3) is 5.36. The second-order valence-electron chi connectivity index (χ2n) is 7.16. The monoisotopic (exact) mass is 302 g/mol. The molecule has 0 heterocycles. The fraction of sp³-hybridized carbons (Fsp3) is 0.867. The smallest absolute Gasteiger partial charge is 0.309 e. The topological polar surface area (TPSA) is 52.6 Å². The molecule has 0 spiro atoms. The van der Waals surface area contributed by atoms with Crippen molar-refractivity contribution in [3.05, 3.63) is 0 Å². The molecule has 118 valence electrons. The van der Waals surface area contributed by atoms with Gasteiger partial charge in [0.15, 0.2) is 8.32 Å². The van der Waals surface area contributed by atoms with Crippen LogP contribution >= 0.6 is 0 Å². The van der Waals surface area contributed by atoms with Crippen LogP contribution in [0.2, 0.25) is 18.1 Å². The molecule has 0 saturated heterocycles. The zero-order chi connectivity index (χ0) is 16.1. The zero-order valence-electron chi connectivity index (χ0n) is 14.1. The van der Waals surface area contributed by atoms with Crippen molar-refractivity contribution in [3.8, 4) is 0 Å². The van der Waals surface area contributed by atoms with Crippen molar-refractivity contribution in [2.24, 2.45) is 11.8 Å². The number of aldehydes is 1. The van der Waals surface area contributed by atoms with Gasteiger partial charge >= 0.3 is 5.97 Å². The third-order valence-electron chi connectivity index (χ3n) is 4.20. The molecule has 0 radical (unpaired) electrons. The standard InChI is InChI=1S/C15H30O4Si/c1-11(2)13(14(17)18-6)9-12(10-16)19-20(7,8)15(3,4)5/h10-13H,9H2,1-8H3. The van der Waals surface area contributed by atoms with E-state index in [1.54, 1.807) is 0 Å². The molecule has 4 nitrogen and oxygen atoms in total. The van der Waals surface area contributed by atoms with Gasteiger partial charge in [-0.2, -0.15) is 0 Å². The minimum absolute atomic E-state index is 0.0346. The molecule has 0 amide bonds. The fourth-order valence-electron chi connectivity index (χ4n) is 1.73. The summed E-state index contributed by atoms with van der Waals surface area (Å²) in [7, 11) is -0.642. The first-order chi connectivity index (χ1) is 8.96. The van der Waals surface area contributed by atoms with E-state index in [1.165, 1.54) is 7.11 Å². The lowest BCUT2D eigenvalue weighted by Crippen LogP contribution is -2.45. The second kappa shape index (κ2) is 7.36. The van der Waals surface area contributed by atoms with Crippen LogP contribution in [0.5, 0.6) is 0 Å². The van der Waals surface area contributed by atoms with E-state index in [-0.39, 0.29) is 22.8 Å². The molecule has 0 aromatic heterocycles. The first-order valence-corrected chi connectivity index (χ1v) is 10.1. The highest BCUT2D eigenvalue weighted by molar-refractivity contribution is 6.74. The van der Waals surface area contributed by atoms with Gasteiger partial charge in [0.2, 0.25) is 0 Å². The maximum atomic E-state index is 11.8. The van der Waals surface area contributed by atoms with Crippen LogP contribution < -0.4 is 0 Å². The van der Waals surface area contributed by atoms with Crippen molar-refractivity contribution in [3.63, 3.8) is 0 Å². The molecular formula is C15H30O4Si. The minimum Gasteiger partial charge on any atom is -0.469 e. The molecule has 0 bridgehead atoms. The highest BCUT2D eigenvalue weighted by Crippen LogP contribution is 2.38. The van der Waals surface area contributed by atoms with Crippen LogP contribution in [0.1, 0.15) is 41.0 Å². The summed E-state index contributed by atoms with van der Waals surface area (Å²) >= 11 is 0. The van der Waals surface area contributed by atoms with Gasteiger partial charge < -0.3 is 14.0 Å². The Balaban J connectivity index is 4.94. The summed E-state index contributed by atoms with van der Waals surface area (Å²) in [5.41, 5.74) is 0. The van der Waals surface area contributed by atoms with Gasteiger partial charge in [0.05, 0.1) is 13.0 Å². The Morgan fingerprint density at radius 3 is 2.05 bits per heavy atom. The summed E-state index contributed by atoms with van der Waals surface area (Å²) in [5, 5.41) is 0.0346. The number of esters is 1. The molecule has 0 aromatic rings. The van der Waals surface area contributed by atoms with Crippen molar-refractivity contribution in [2.75, 3.05) is 7.11 Å². The maximum Gasteiger partial charge on any atom is 0.309 e. The van der Waals surface area contributed by atoms with Crippen LogP contribution in [0.4, 0.5) is 0 Å². The Hall–Kier alpha value is -0.683. The Labute approximate surface area is 124 Å². The van der Waals surface area contributed by atoms with Gasteiger partial charge in [-0.05, 0) is 30.5 Å². The van der Waals surface area contributed by atoms with E-state index in [1.807, 2.05) is 13.8 Å². The summed E-state index contributed by atoms with van der Waals surface area (Å²) in [6.45, 7) is 14.5. The average molecular weight is 302 g/mol. The van der Waals surface area contributed by atoms with Crippen molar-refractivity contribution >= 4 is 20.6 Å². The van der Waals surface area contributed by atoms with Crippen molar-refractivity contribution in [1.29, 1.82) is 0 Å². The molecule has 0 saturated carbocycles. The molecule has 0 aromatic carbocycles. The van der Waals surface area contributed by atoms with Gasteiger partial charge in [-0.1, -0.05) is 34.6 Å². The van der Waals surface area contributed by atoms with Crippen LogP contribution in [0.25, 0.3) is 0 Å². The third-order valence-corrected chi connectivity index (χ3v) is 8.70. The van der Waals surface area contributed by atoms with Crippen LogP contribution in [-0.2, 0) is 18.8 Å². The van der Waals surface area contributed by atoms with Crippen LogP contribution in [0.15, 0.2) is 0 Å². The molecule has 0 N–H and O–H groups in total. The number of carbonyl (C=O) groups excluding carboxylic acids is 2. The first-order valence-electron chi connectivity index (χ1n) is 7.17. The van der Waals surface area contributed by atoms with Gasteiger partial charge in [0.1, 0.15) is 12.4 Å². The van der Waals surface area contributed by atoms with Gasteiger partial charge in [-0.15, -0.1) is 0 Å². The Kier molecular flexibility index (Phi) is 7.11. The lowest BCUT2D eigenvalue weighted by molar-refractivity contribution is -0.148. The summed E-state index contributed by atoms with van der Waals surface area (Å²) < 4.78 is 10.9. The SMILES string of the molecule is COC(=O)C(CC(C=O)O[Si](C)(C)C(C)(C)C)C(C)C. The van der Waals surface area contributed by atoms with E-state index in [9.17, 15) is 9.59 Å². The number of methoxy groups -OCH3 is 1. The van der Waals surface area contributed by atoms with E-state index in [0.29, 0.717) is 6.42 Å². The number of hydrogen-bond acceptors (Lipinski definition) is 4. The molecule has 0 aliphatic rings. The number of hydrogen-bond donors (Lipinski definition) is 0. The molecule has 0 rings (SSSR count). The number of carbonyl (C=O) groups is 2. The normalized spacial score (nSPS) is 15.8. The Morgan fingerprint density at radius 1 is 1.25 bits per heavy atom. The maximum absolute atomic E-state index is 11.8. The number of ether oxygens (including phenoxy) is 1. The molecule has 0 aliphatic carbocycles. The van der Waals surface area contributed by atoms with Gasteiger partial charge in [-0.3, -0.25) is 4.79 Å². The van der Waals surface area contributed by atoms with Gasteiger partial charge in [0.25, 0.3) is 0 Å². The minimum atomic E-state index is -2.02. The summed E-state index contributed by atoms with van der Waals surface area (Å²) in [6.07, 6.45) is 0.668. The van der Waals surface area contributed by atoms with Crippen LogP contribution in [-0.4, -0.2) is 33.8 Å². The van der Waals surface area contributed by atoms with Crippen molar-refractivity contribution < 1.29 is 18.8 Å². The van der Waals surface area contributed by atoms with E-state index in [4.69, 9.17) is 9.16 Å². The van der Waals surface area contributed by atoms with E-state index >= 15 is 0 Å². The summed E-state index contributed by atoms with van der Waals surface area (Å²) in [6, 6.07) is 0. The fourth-order valence-corrected chi connectivity index (χ4v) is 2.99. The summed E-state index contributed by atoms with van der Waals surface area (Å²) in [4.78, 5) is 23.1. The quantitative estimate of drug-likeness (QED) is 0.411. The molecular weight excluding hydrogens is 272 g/mol. The molecule has 0 fully saturated rings. The highest BCUT2D eigenvalue weighted by Gasteiger charge is 2.40. The zero-order valence-corrected chi connectivity index (χ0v) is 15.1. The predicted molar refractivity (Wildman–Crippen MR) is 83.1 cm³/mol. The molecule has 2 unspecified atom stereocenters. The molecule has 20 heavy (non-hydrogen) atoms. The van der Waals surface area contributed by atoms with Gasteiger partial charge in [0, 0.05) is 0 Å². The van der Waals surface area contributed by atoms with E-state index in [2.05, 4.69) is 33.9 Å². The Bertz CT molecular complexity index is 331. The Morgan fingerprint density at radius 2 is 1.75 bits per heavy atom. The van der Waals surface area contributed by atoms with Crippen molar-refractivity contribution in [2.45, 2.75) is 65.3 Å². The van der Waals surface area contributed by atoms with Crippen LogP contribution in [0.3, 0.4) is 0 Å². The average Bonchev–Trinajstić information content (AvgIpc) is 2.31. The highest BCUT2D eigenvalue weighted by atomic mass is 28.4. The molecule has 0 aliphatic heterocycles. The largest absolute Gasteiger partial charge is 0.469 e. The first kappa shape index (κ1) is 19.3. The van der Waals surface area contributed by atoms with E-state index < -0.39 is 14.4 Å². The lowest BCUT2D eigenvalue weighted by atomic mass is 9.90. The summed E-state index contributed by atoms with van der Waals surface area (Å²) in [5.74, 6) is -0.460. The second-order valence-corrected chi connectivity index (χ2v) is 11.9. The van der Waals surface area contributed by atoms with Gasteiger partial charge in [-0.25, -0.2) is 0 Å². The predicted octanol–water partition coefficient (Wildman–Crippen LogP) is 3.41. The van der Waals surface area contributed by atoms with Crippen LogP contribution in [0, 0.1) is 11.8 Å². The molecule has 2 atom stereocenters. The lowest BCUT2D eigenvalue weighted by Gasteiger charge is -2.38. The van der Waals surface area contributed by atoms with Crippen molar-refractivity contribution in [1.82, 2.24) is 0 Å². The van der Waals surface area contributed by atoms with E-state index in [0.717, 1.165) is 6.29 Å². The molecule has 5 heteroatoms.